The van der Waals surface area contributed by atoms with Crippen LogP contribution in [0.15, 0.2) is 84.9 Å². The lowest BCUT2D eigenvalue weighted by Gasteiger charge is -2.48. The summed E-state index contributed by atoms with van der Waals surface area (Å²) in [5.74, 6) is -1.18. The number of hydrogen-bond donors (Lipinski definition) is 4. The highest BCUT2D eigenvalue weighted by atomic mass is 16.3. The Balaban J connectivity index is 1.49. The Morgan fingerprint density at radius 3 is 1.22 bits per heavy atom. The third-order valence-corrected chi connectivity index (χ3v) is 10.4. The van der Waals surface area contributed by atoms with E-state index in [1.165, 1.54) is 5.69 Å². The van der Waals surface area contributed by atoms with Crippen molar-refractivity contribution in [3.63, 3.8) is 0 Å². The van der Waals surface area contributed by atoms with Gasteiger partial charge in [0.05, 0.1) is 23.6 Å². The molecule has 236 valence electrons. The van der Waals surface area contributed by atoms with E-state index in [9.17, 15) is 20.4 Å². The van der Waals surface area contributed by atoms with E-state index in [1.54, 1.807) is 12.1 Å². The molecule has 6 nitrogen and oxygen atoms in total. The summed E-state index contributed by atoms with van der Waals surface area (Å²) < 4.78 is 0. The highest BCUT2D eigenvalue weighted by molar-refractivity contribution is 6.18. The lowest BCUT2D eigenvalue weighted by molar-refractivity contribution is -0.0766. The number of phenols is 2. The number of anilines is 2. The third kappa shape index (κ3) is 4.24. The maximum Gasteiger partial charge on any atom is 0.123 e. The zero-order chi connectivity index (χ0) is 32.3. The molecule has 0 saturated heterocycles. The summed E-state index contributed by atoms with van der Waals surface area (Å²) in [6.45, 7) is 11.7. The van der Waals surface area contributed by atoms with Crippen LogP contribution in [0.25, 0.3) is 43.1 Å². The summed E-state index contributed by atoms with van der Waals surface area (Å²) >= 11 is 0. The van der Waals surface area contributed by atoms with E-state index < -0.39 is 24.0 Å². The molecule has 1 aliphatic carbocycles. The Bertz CT molecular complexity index is 1970. The van der Waals surface area contributed by atoms with Crippen LogP contribution in [-0.2, 0) is 0 Å². The molecule has 6 heteroatoms. The molecular weight excluding hydrogens is 572 g/mol. The van der Waals surface area contributed by atoms with E-state index in [2.05, 4.69) is 61.8 Å². The number of aliphatic hydroxyl groups is 2. The van der Waals surface area contributed by atoms with E-state index in [0.29, 0.717) is 16.3 Å². The van der Waals surface area contributed by atoms with Crippen LogP contribution in [0.5, 0.6) is 11.5 Å². The van der Waals surface area contributed by atoms with Gasteiger partial charge in [0.1, 0.15) is 11.5 Å². The molecule has 4 N–H and O–H groups in total. The fourth-order valence-corrected chi connectivity index (χ4v) is 8.29. The van der Waals surface area contributed by atoms with Crippen LogP contribution in [0.2, 0.25) is 0 Å². The molecule has 0 aromatic heterocycles. The first-order valence-electron chi connectivity index (χ1n) is 16.6. The standard InChI is InChI=1S/C40H42N2O4/c1-5-41(6-2)37-25-17-11-9-15-23(25)31(24-16-10-12-18-26(24)37)35-39(45)36(40(35)46)34-32-27(19-13-21-29(32)43)38(42(7-3)8-4)28-20-14-22-30(44)33(28)34/h9-22,35-36,39-40,43-46H,5-8H2,1-4H3. The van der Waals surface area contributed by atoms with E-state index in [4.69, 9.17) is 0 Å². The molecule has 46 heavy (non-hydrogen) atoms. The first-order chi connectivity index (χ1) is 22.4. The van der Waals surface area contributed by atoms with Crippen molar-refractivity contribution in [1.29, 1.82) is 0 Å². The predicted molar refractivity (Wildman–Crippen MR) is 191 cm³/mol. The molecule has 0 heterocycles. The number of nitrogens with zero attached hydrogens (tertiary/aromatic N) is 2. The van der Waals surface area contributed by atoms with Crippen molar-refractivity contribution >= 4 is 54.5 Å². The molecule has 6 aromatic rings. The Hall–Kier alpha value is -4.52. The average molecular weight is 615 g/mol. The van der Waals surface area contributed by atoms with Gasteiger partial charge in [-0.3, -0.25) is 0 Å². The lowest BCUT2D eigenvalue weighted by atomic mass is 9.60. The van der Waals surface area contributed by atoms with Gasteiger partial charge in [-0.25, -0.2) is 0 Å². The summed E-state index contributed by atoms with van der Waals surface area (Å²) in [7, 11) is 0. The summed E-state index contributed by atoms with van der Waals surface area (Å²) in [5, 5.41) is 54.4. The van der Waals surface area contributed by atoms with Crippen molar-refractivity contribution in [2.45, 2.75) is 51.7 Å². The van der Waals surface area contributed by atoms with Gasteiger partial charge < -0.3 is 30.2 Å². The molecule has 1 fully saturated rings. The molecule has 2 unspecified atom stereocenters. The van der Waals surface area contributed by atoms with Crippen molar-refractivity contribution in [1.82, 2.24) is 0 Å². The molecule has 1 aliphatic rings. The number of fused-ring (bicyclic) bond motifs is 4. The maximum absolute atomic E-state index is 12.3. The third-order valence-electron chi connectivity index (χ3n) is 10.4. The van der Waals surface area contributed by atoms with Gasteiger partial charge in [0, 0.05) is 70.3 Å². The van der Waals surface area contributed by atoms with Gasteiger partial charge in [0.2, 0.25) is 0 Å². The van der Waals surface area contributed by atoms with Gasteiger partial charge in [0.25, 0.3) is 0 Å². The van der Waals surface area contributed by atoms with Gasteiger partial charge in [0.15, 0.2) is 0 Å². The van der Waals surface area contributed by atoms with Crippen molar-refractivity contribution in [3.8, 4) is 11.5 Å². The Morgan fingerprint density at radius 2 is 0.804 bits per heavy atom. The van der Waals surface area contributed by atoms with Gasteiger partial charge in [-0.05, 0) is 61.7 Å². The highest BCUT2D eigenvalue weighted by Gasteiger charge is 2.53. The largest absolute Gasteiger partial charge is 0.507 e. The second kappa shape index (κ2) is 11.7. The number of phenolic OH excluding ortho intramolecular Hbond substituents is 2. The molecule has 1 saturated carbocycles. The molecule has 0 radical (unpaired) electrons. The van der Waals surface area contributed by atoms with Gasteiger partial charge in [-0.15, -0.1) is 0 Å². The highest BCUT2D eigenvalue weighted by Crippen LogP contribution is 2.57. The Kier molecular flexibility index (Phi) is 7.66. The maximum atomic E-state index is 12.3. The fourth-order valence-electron chi connectivity index (χ4n) is 8.29. The normalized spacial score (nSPS) is 19.6. The van der Waals surface area contributed by atoms with Gasteiger partial charge in [-0.1, -0.05) is 72.8 Å². The molecule has 0 bridgehead atoms. The number of benzene rings is 6. The Labute approximate surface area is 269 Å². The van der Waals surface area contributed by atoms with Crippen LogP contribution in [-0.4, -0.2) is 58.8 Å². The fraction of sp³-hybridized carbons (Fsp3) is 0.300. The van der Waals surface area contributed by atoms with Crippen LogP contribution in [0.1, 0.15) is 50.7 Å². The van der Waals surface area contributed by atoms with Crippen molar-refractivity contribution in [2.24, 2.45) is 0 Å². The molecule has 0 spiro atoms. The monoisotopic (exact) mass is 614 g/mol. The van der Waals surface area contributed by atoms with E-state index in [0.717, 1.165) is 69.7 Å². The van der Waals surface area contributed by atoms with E-state index >= 15 is 0 Å². The topological polar surface area (TPSA) is 87.4 Å². The zero-order valence-electron chi connectivity index (χ0n) is 26.9. The van der Waals surface area contributed by atoms with Gasteiger partial charge in [-0.2, -0.15) is 0 Å². The smallest absolute Gasteiger partial charge is 0.123 e. The van der Waals surface area contributed by atoms with Crippen molar-refractivity contribution in [2.75, 3.05) is 36.0 Å². The van der Waals surface area contributed by atoms with Crippen molar-refractivity contribution < 1.29 is 20.4 Å². The van der Waals surface area contributed by atoms with E-state index in [-0.39, 0.29) is 11.5 Å². The molecule has 6 aromatic carbocycles. The first-order valence-corrected chi connectivity index (χ1v) is 16.6. The lowest BCUT2D eigenvalue weighted by Crippen LogP contribution is -2.52. The van der Waals surface area contributed by atoms with Gasteiger partial charge >= 0.3 is 0 Å². The molecule has 0 aliphatic heterocycles. The number of rotatable bonds is 8. The second-order valence-corrected chi connectivity index (χ2v) is 12.4. The summed E-state index contributed by atoms with van der Waals surface area (Å²) in [5.41, 5.74) is 3.61. The quantitative estimate of drug-likeness (QED) is 0.130. The first kappa shape index (κ1) is 30.2. The SMILES string of the molecule is CCN(CC)c1c2ccccc2c(C2C(O)C(c3c4c(O)cccc4c(N(CC)CC)c4cccc(O)c34)C2O)c2ccccc12. The number of aromatic hydroxyl groups is 2. The summed E-state index contributed by atoms with van der Waals surface area (Å²) in [6, 6.07) is 27.5. The molecule has 0 amide bonds. The minimum absolute atomic E-state index is 0.0633. The van der Waals surface area contributed by atoms with Crippen molar-refractivity contribution in [3.05, 3.63) is 96.1 Å². The van der Waals surface area contributed by atoms with Crippen LogP contribution in [0.4, 0.5) is 11.4 Å². The minimum atomic E-state index is -0.967. The second-order valence-electron chi connectivity index (χ2n) is 12.4. The summed E-state index contributed by atoms with van der Waals surface area (Å²) in [6.07, 6.45) is -1.93. The molecule has 2 atom stereocenters. The van der Waals surface area contributed by atoms with E-state index in [1.807, 2.05) is 48.5 Å². The Morgan fingerprint density at radius 1 is 0.457 bits per heavy atom. The van der Waals surface area contributed by atoms with Crippen LogP contribution >= 0.6 is 0 Å². The van der Waals surface area contributed by atoms with Crippen LogP contribution in [0, 0.1) is 0 Å². The zero-order valence-corrected chi connectivity index (χ0v) is 26.9. The number of hydrogen-bond acceptors (Lipinski definition) is 6. The molecule has 7 rings (SSSR count). The minimum Gasteiger partial charge on any atom is -0.507 e. The average Bonchev–Trinajstić information content (AvgIpc) is 3.07. The predicted octanol–water partition coefficient (Wildman–Crippen LogP) is 8.01. The van der Waals surface area contributed by atoms with Crippen LogP contribution in [0.3, 0.4) is 0 Å². The summed E-state index contributed by atoms with van der Waals surface area (Å²) in [4.78, 5) is 4.59. The molecular formula is C40H42N2O4. The number of aliphatic hydroxyl groups excluding tert-OH is 2. The van der Waals surface area contributed by atoms with Crippen LogP contribution < -0.4 is 9.80 Å².